The smallest absolute Gasteiger partial charge is 0.321 e. The van der Waals surface area contributed by atoms with Crippen molar-refractivity contribution in [3.8, 4) is 0 Å². The maximum Gasteiger partial charge on any atom is 0.321 e. The molecule has 0 radical (unpaired) electrons. The Kier molecular flexibility index (Phi) is 4.85. The molecule has 23 heavy (non-hydrogen) atoms. The maximum atomic E-state index is 12.1. The molecule has 1 aliphatic rings. The van der Waals surface area contributed by atoms with E-state index >= 15 is 0 Å². The van der Waals surface area contributed by atoms with Gasteiger partial charge in [0.05, 0.1) is 17.8 Å². The number of carbonyl (C=O) groups is 1. The molecule has 128 valence electrons. The molecule has 2 rings (SSSR count). The van der Waals surface area contributed by atoms with Crippen LogP contribution in [0.3, 0.4) is 0 Å². The Morgan fingerprint density at radius 1 is 1.22 bits per heavy atom. The molecular weight excluding hydrogens is 342 g/mol. The molecule has 2 amide bonds. The average Bonchev–Trinajstić information content (AvgIpc) is 2.78. The fourth-order valence-corrected chi connectivity index (χ4v) is 4.63. The second kappa shape index (κ2) is 6.36. The first-order valence-corrected chi connectivity index (χ1v) is 10.6. The summed E-state index contributed by atoms with van der Waals surface area (Å²) in [6.45, 7) is 0. The summed E-state index contributed by atoms with van der Waals surface area (Å²) in [5.41, 5.74) is 0.877. The van der Waals surface area contributed by atoms with Crippen LogP contribution in [0.15, 0.2) is 24.3 Å². The van der Waals surface area contributed by atoms with Gasteiger partial charge in [0.15, 0.2) is 9.84 Å². The molecular formula is C13H19N3O5S2. The standard InChI is InChI=1S/C13H19N3O5S2/c1-16(12-7-8-23(20,21)9-12)13(17)14-10-3-5-11(6-4-10)15-22(2,18)19/h3-6,12,15H,7-9H2,1-2H3,(H,14,17). The fraction of sp³-hybridized carbons (Fsp3) is 0.462. The van der Waals surface area contributed by atoms with Crippen LogP contribution < -0.4 is 10.0 Å². The topological polar surface area (TPSA) is 113 Å². The van der Waals surface area contributed by atoms with Gasteiger partial charge in [0, 0.05) is 24.5 Å². The SMILES string of the molecule is CN(C(=O)Nc1ccc(NS(C)(=O)=O)cc1)C1CCS(=O)(=O)C1. The third kappa shape index (κ3) is 5.10. The number of amides is 2. The largest absolute Gasteiger partial charge is 0.324 e. The fourth-order valence-electron chi connectivity index (χ4n) is 2.29. The Labute approximate surface area is 135 Å². The van der Waals surface area contributed by atoms with Gasteiger partial charge in [0.2, 0.25) is 10.0 Å². The van der Waals surface area contributed by atoms with Crippen molar-refractivity contribution < 1.29 is 21.6 Å². The summed E-state index contributed by atoms with van der Waals surface area (Å²) in [6.07, 6.45) is 1.48. The number of carbonyl (C=O) groups excluding carboxylic acids is 1. The highest BCUT2D eigenvalue weighted by molar-refractivity contribution is 7.92. The molecule has 1 unspecified atom stereocenters. The van der Waals surface area contributed by atoms with E-state index in [1.807, 2.05) is 0 Å². The summed E-state index contributed by atoms with van der Waals surface area (Å²) in [5.74, 6) is 0.0787. The minimum atomic E-state index is -3.35. The van der Waals surface area contributed by atoms with Gasteiger partial charge in [0.25, 0.3) is 0 Å². The van der Waals surface area contributed by atoms with E-state index in [4.69, 9.17) is 0 Å². The molecule has 1 saturated heterocycles. The summed E-state index contributed by atoms with van der Waals surface area (Å²) in [5, 5.41) is 2.65. The van der Waals surface area contributed by atoms with Crippen LogP contribution in [0.25, 0.3) is 0 Å². The zero-order valence-corrected chi connectivity index (χ0v) is 14.4. The molecule has 1 heterocycles. The number of benzene rings is 1. The van der Waals surface area contributed by atoms with Gasteiger partial charge >= 0.3 is 6.03 Å². The Morgan fingerprint density at radius 3 is 2.26 bits per heavy atom. The van der Waals surface area contributed by atoms with Gasteiger partial charge < -0.3 is 10.2 Å². The number of nitrogens with one attached hydrogen (secondary N) is 2. The molecule has 0 bridgehead atoms. The Morgan fingerprint density at radius 2 is 1.78 bits per heavy atom. The number of urea groups is 1. The van der Waals surface area contributed by atoms with Crippen molar-refractivity contribution in [1.29, 1.82) is 0 Å². The highest BCUT2D eigenvalue weighted by Crippen LogP contribution is 2.19. The molecule has 0 aromatic heterocycles. The normalized spacial score (nSPS) is 20.0. The summed E-state index contributed by atoms with van der Waals surface area (Å²) >= 11 is 0. The third-order valence-electron chi connectivity index (χ3n) is 3.52. The summed E-state index contributed by atoms with van der Waals surface area (Å²) < 4.78 is 47.5. The van der Waals surface area contributed by atoms with E-state index in [-0.39, 0.29) is 17.5 Å². The lowest BCUT2D eigenvalue weighted by Crippen LogP contribution is -2.40. The highest BCUT2D eigenvalue weighted by Gasteiger charge is 2.32. The van der Waals surface area contributed by atoms with Crippen LogP contribution in [-0.2, 0) is 19.9 Å². The maximum absolute atomic E-state index is 12.1. The minimum Gasteiger partial charge on any atom is -0.324 e. The van der Waals surface area contributed by atoms with Crippen molar-refractivity contribution in [3.63, 3.8) is 0 Å². The average molecular weight is 361 g/mol. The van der Waals surface area contributed by atoms with Gasteiger partial charge in [-0.1, -0.05) is 0 Å². The summed E-state index contributed by atoms with van der Waals surface area (Å²) in [4.78, 5) is 13.5. The first-order chi connectivity index (χ1) is 10.6. The number of hydrogen-bond donors (Lipinski definition) is 2. The van der Waals surface area contributed by atoms with Gasteiger partial charge in [-0.25, -0.2) is 21.6 Å². The van der Waals surface area contributed by atoms with Crippen LogP contribution in [-0.4, -0.2) is 58.6 Å². The molecule has 0 saturated carbocycles. The molecule has 0 aliphatic carbocycles. The van der Waals surface area contributed by atoms with Crippen molar-refractivity contribution in [1.82, 2.24) is 4.90 Å². The molecule has 2 N–H and O–H groups in total. The predicted molar refractivity (Wildman–Crippen MR) is 88.7 cm³/mol. The molecule has 1 fully saturated rings. The van der Waals surface area contributed by atoms with Crippen molar-refractivity contribution in [2.24, 2.45) is 0 Å². The van der Waals surface area contributed by atoms with Crippen molar-refractivity contribution in [2.45, 2.75) is 12.5 Å². The summed E-state index contributed by atoms with van der Waals surface area (Å²) in [7, 11) is -4.85. The van der Waals surface area contributed by atoms with Crippen LogP contribution in [0.2, 0.25) is 0 Å². The van der Waals surface area contributed by atoms with E-state index in [1.165, 1.54) is 17.0 Å². The first-order valence-electron chi connectivity index (χ1n) is 6.88. The Bertz CT molecular complexity index is 787. The second-order valence-electron chi connectivity index (χ2n) is 5.55. The Balaban J connectivity index is 1.97. The molecule has 1 aromatic rings. The number of nitrogens with zero attached hydrogens (tertiary/aromatic N) is 1. The van der Waals surface area contributed by atoms with E-state index in [0.717, 1.165) is 6.26 Å². The monoisotopic (exact) mass is 361 g/mol. The van der Waals surface area contributed by atoms with Crippen LogP contribution >= 0.6 is 0 Å². The zero-order valence-electron chi connectivity index (χ0n) is 12.8. The van der Waals surface area contributed by atoms with E-state index in [1.54, 1.807) is 19.2 Å². The minimum absolute atomic E-state index is 0.0197. The predicted octanol–water partition coefficient (Wildman–Crippen LogP) is 0.709. The molecule has 1 atom stereocenters. The van der Waals surface area contributed by atoms with Gasteiger partial charge in [-0.3, -0.25) is 4.72 Å². The van der Waals surface area contributed by atoms with Crippen LogP contribution in [0, 0.1) is 0 Å². The first kappa shape index (κ1) is 17.5. The number of sulfone groups is 1. The van der Waals surface area contributed by atoms with Gasteiger partial charge in [-0.05, 0) is 30.7 Å². The van der Waals surface area contributed by atoms with E-state index in [9.17, 15) is 21.6 Å². The van der Waals surface area contributed by atoms with E-state index in [0.29, 0.717) is 17.8 Å². The van der Waals surface area contributed by atoms with Crippen LogP contribution in [0.5, 0.6) is 0 Å². The zero-order chi connectivity index (χ0) is 17.3. The van der Waals surface area contributed by atoms with Crippen molar-refractivity contribution >= 4 is 37.3 Å². The molecule has 10 heteroatoms. The number of sulfonamides is 1. The quantitative estimate of drug-likeness (QED) is 0.820. The second-order valence-corrected chi connectivity index (χ2v) is 9.53. The number of rotatable bonds is 4. The van der Waals surface area contributed by atoms with Crippen molar-refractivity contribution in [2.75, 3.05) is 34.8 Å². The van der Waals surface area contributed by atoms with Gasteiger partial charge in [-0.2, -0.15) is 0 Å². The van der Waals surface area contributed by atoms with E-state index in [2.05, 4.69) is 10.0 Å². The highest BCUT2D eigenvalue weighted by atomic mass is 32.2. The van der Waals surface area contributed by atoms with Gasteiger partial charge in [-0.15, -0.1) is 0 Å². The van der Waals surface area contributed by atoms with Gasteiger partial charge in [0.1, 0.15) is 0 Å². The lowest BCUT2D eigenvalue weighted by atomic mass is 10.2. The van der Waals surface area contributed by atoms with Crippen LogP contribution in [0.1, 0.15) is 6.42 Å². The molecule has 0 spiro atoms. The summed E-state index contributed by atoms with van der Waals surface area (Å²) in [6, 6.07) is 5.44. The lowest BCUT2D eigenvalue weighted by Gasteiger charge is -2.23. The molecule has 8 nitrogen and oxygen atoms in total. The number of anilines is 2. The molecule has 1 aliphatic heterocycles. The molecule has 1 aromatic carbocycles. The lowest BCUT2D eigenvalue weighted by molar-refractivity contribution is 0.209. The third-order valence-corrected chi connectivity index (χ3v) is 5.87. The van der Waals surface area contributed by atoms with Crippen LogP contribution in [0.4, 0.5) is 16.2 Å². The Hall–Kier alpha value is -1.81. The van der Waals surface area contributed by atoms with Crippen molar-refractivity contribution in [3.05, 3.63) is 24.3 Å². The number of hydrogen-bond acceptors (Lipinski definition) is 5. The van der Waals surface area contributed by atoms with E-state index < -0.39 is 25.9 Å².